The highest BCUT2D eigenvalue weighted by molar-refractivity contribution is 14.1. The van der Waals surface area contributed by atoms with E-state index in [-0.39, 0.29) is 11.5 Å². The van der Waals surface area contributed by atoms with Gasteiger partial charge in [0.1, 0.15) is 42.7 Å². The van der Waals surface area contributed by atoms with Crippen LogP contribution in [0.1, 0.15) is 6.92 Å². The molecule has 4 rings (SSSR count). The number of rotatable bonds is 8. The van der Waals surface area contributed by atoms with E-state index in [1.807, 2.05) is 22.6 Å². The summed E-state index contributed by atoms with van der Waals surface area (Å²) in [5.74, 6) is -3.16. The number of hydrogen-bond acceptors (Lipinski definition) is 13. The monoisotopic (exact) mass is 784 g/mol. The zero-order chi connectivity index (χ0) is 33.3. The predicted octanol–water partition coefficient (Wildman–Crippen LogP) is -3.03. The number of imide groups is 1. The van der Waals surface area contributed by atoms with Gasteiger partial charge in [-0.15, -0.1) is 0 Å². The zero-order valence-corrected chi connectivity index (χ0v) is 26.5. The van der Waals surface area contributed by atoms with Gasteiger partial charge < -0.3 is 54.8 Å². The molecule has 2 unspecified atom stereocenters. The lowest BCUT2D eigenvalue weighted by Crippen LogP contribution is -2.47. The molecule has 10 atom stereocenters. The molecule has 2 fully saturated rings. The third-order valence-corrected chi connectivity index (χ3v) is 8.69. The van der Waals surface area contributed by atoms with Crippen molar-refractivity contribution in [2.45, 2.75) is 55.8 Å². The third kappa shape index (κ3) is 9.30. The maximum atomic E-state index is 11.8. The van der Waals surface area contributed by atoms with Gasteiger partial charge in [-0.3, -0.25) is 28.7 Å². The highest BCUT2D eigenvalue weighted by Gasteiger charge is 2.50. The van der Waals surface area contributed by atoms with Crippen LogP contribution in [0.3, 0.4) is 0 Å². The van der Waals surface area contributed by atoms with Gasteiger partial charge in [-0.2, -0.15) is 0 Å². The van der Waals surface area contributed by atoms with Crippen molar-refractivity contribution in [2.24, 2.45) is 11.8 Å². The first-order valence-electron chi connectivity index (χ1n) is 12.5. The van der Waals surface area contributed by atoms with Gasteiger partial charge in [-0.05, 0) is 29.5 Å². The van der Waals surface area contributed by atoms with E-state index in [0.717, 1.165) is 0 Å². The van der Waals surface area contributed by atoms with Crippen molar-refractivity contribution in [3.05, 3.63) is 33.6 Å². The number of nitrogens with one attached hydrogen (secondary N) is 2. The first kappa shape index (κ1) is 37.0. The van der Waals surface area contributed by atoms with Crippen LogP contribution in [0.25, 0.3) is 0 Å². The summed E-state index contributed by atoms with van der Waals surface area (Å²) in [4.78, 5) is 69.2. The van der Waals surface area contributed by atoms with Crippen LogP contribution < -0.4 is 10.6 Å². The van der Waals surface area contributed by atoms with E-state index in [1.165, 1.54) is 13.0 Å². The first-order chi connectivity index (χ1) is 20.2. The molecule has 4 aliphatic heterocycles. The van der Waals surface area contributed by atoms with E-state index in [1.54, 1.807) is 6.08 Å². The molecule has 44 heavy (non-hydrogen) atoms. The van der Waals surface area contributed by atoms with Gasteiger partial charge in [0.15, 0.2) is 0 Å². The number of aliphatic hydroxyl groups excluding tert-OH is 4. The second kappa shape index (κ2) is 14.5. The summed E-state index contributed by atoms with van der Waals surface area (Å²) < 4.78 is 41.0. The highest BCUT2D eigenvalue weighted by atomic mass is 127. The van der Waals surface area contributed by atoms with Crippen molar-refractivity contribution in [1.29, 1.82) is 0 Å². The summed E-state index contributed by atoms with van der Waals surface area (Å²) in [5, 5.41) is 44.4. The molecule has 2 saturated heterocycles. The minimum atomic E-state index is -4.76. The molecule has 248 valence electrons. The molecule has 10 N–H and O–H groups in total. The molecule has 0 aromatic rings. The van der Waals surface area contributed by atoms with Gasteiger partial charge >= 0.3 is 15.6 Å². The van der Waals surface area contributed by atoms with Gasteiger partial charge in [0.2, 0.25) is 5.91 Å². The lowest BCUT2D eigenvalue weighted by Gasteiger charge is -2.28. The Morgan fingerprint density at radius 2 is 1.25 bits per heavy atom. The second-order valence-electron chi connectivity index (χ2n) is 10.0. The number of amides is 3. The average molecular weight is 784 g/mol. The Morgan fingerprint density at radius 3 is 1.70 bits per heavy atom. The van der Waals surface area contributed by atoms with E-state index in [4.69, 9.17) is 29.0 Å². The maximum Gasteiger partial charge on any atom is 0.469 e. The van der Waals surface area contributed by atoms with Crippen molar-refractivity contribution in [3.8, 4) is 0 Å². The molecule has 4 heterocycles. The topological polar surface area (TPSA) is 308 Å². The molecule has 0 spiro atoms. The van der Waals surface area contributed by atoms with Crippen LogP contribution in [0, 0.1) is 11.8 Å². The predicted molar refractivity (Wildman–Crippen MR) is 151 cm³/mol. The van der Waals surface area contributed by atoms with E-state index >= 15 is 0 Å². The fourth-order valence-electron chi connectivity index (χ4n) is 4.64. The molecule has 0 bridgehead atoms. The summed E-state index contributed by atoms with van der Waals surface area (Å²) in [6, 6.07) is 0. The number of hydrogen-bond donors (Lipinski definition) is 10. The number of carbonyl (C=O) groups is 3. The lowest BCUT2D eigenvalue weighted by atomic mass is 9.91. The van der Waals surface area contributed by atoms with Gasteiger partial charge in [-0.1, -0.05) is 18.7 Å². The molecular weight excluding hydrogens is 753 g/mol. The fourth-order valence-corrected chi connectivity index (χ4v) is 5.84. The van der Waals surface area contributed by atoms with Gasteiger partial charge in [0.05, 0.1) is 28.8 Å². The van der Waals surface area contributed by atoms with Crippen molar-refractivity contribution in [3.63, 3.8) is 0 Å². The van der Waals surface area contributed by atoms with Crippen molar-refractivity contribution < 1.29 is 82.0 Å². The van der Waals surface area contributed by atoms with Crippen molar-refractivity contribution >= 4 is 56.0 Å². The average Bonchev–Trinajstić information content (AvgIpc) is 3.35. The summed E-state index contributed by atoms with van der Waals surface area (Å²) in [7, 11) is -9.46. The Hall–Kier alpha value is -1.46. The van der Waals surface area contributed by atoms with Gasteiger partial charge in [-0.25, -0.2) is 9.13 Å². The Balaban J connectivity index is 0.000000240. The van der Waals surface area contributed by atoms with E-state index in [9.17, 15) is 43.9 Å². The van der Waals surface area contributed by atoms with Crippen LogP contribution >= 0.6 is 38.2 Å². The highest BCUT2D eigenvalue weighted by Crippen LogP contribution is 2.40. The third-order valence-electron chi connectivity index (χ3n) is 6.87. The van der Waals surface area contributed by atoms with E-state index in [2.05, 4.69) is 26.3 Å². The van der Waals surface area contributed by atoms with Crippen molar-refractivity contribution in [2.75, 3.05) is 13.2 Å². The SMILES string of the molecule is C=C1NC(=O)C(I)=CC1[C@@H]1O[C@H](COP(=O)(O)O)[C@@H](O)[C@H]1O.CC1=CC([C@@H]2O[C@H](COP(=O)(O)O)[C@@H](O)[C@H]2O)C(=O)NC1=O. The van der Waals surface area contributed by atoms with Crippen LogP contribution in [0.15, 0.2) is 33.6 Å². The number of aliphatic hydroxyl groups is 4. The fraction of sp³-hybridized carbons (Fsp3) is 0.591. The van der Waals surface area contributed by atoms with Crippen LogP contribution in [0.4, 0.5) is 0 Å². The molecule has 0 saturated carbocycles. The first-order valence-corrected chi connectivity index (χ1v) is 16.7. The number of halogens is 1. The molecule has 22 heteroatoms. The van der Waals surface area contributed by atoms with Gasteiger partial charge in [0, 0.05) is 17.2 Å². The lowest BCUT2D eigenvalue weighted by molar-refractivity contribution is -0.136. The molecular formula is C22H31IN2O17P2. The Labute approximate surface area is 262 Å². The Morgan fingerprint density at radius 1 is 0.795 bits per heavy atom. The van der Waals surface area contributed by atoms with Crippen LogP contribution in [-0.2, 0) is 42.0 Å². The molecule has 0 radical (unpaired) electrons. The molecule has 0 aliphatic carbocycles. The summed E-state index contributed by atoms with van der Waals surface area (Å²) in [5.41, 5.74) is 0.558. The van der Waals surface area contributed by atoms with Crippen LogP contribution in [-0.4, -0.2) is 120 Å². The standard InChI is InChI=1S/C11H15INO8P.C11H16NO9P/c1-4-5(2-6(12)11(16)13-4)10-9(15)8(14)7(21-10)3-20-22(17,18)19;1-4-2-5(11(16)12-10(4)15)9-8(14)7(13)6(21-9)3-20-22(17,18)19/h2,5,7-10,14-15H,1,3H2,(H,13,16)(H2,17,18,19);2,5-9,13-14H,3H2,1H3,(H,12,15,16)(H2,17,18,19)/t5?,7-,8-,9-,10+;5?,6-,7-,8-,9+/m11/s1. The largest absolute Gasteiger partial charge is 0.469 e. The van der Waals surface area contributed by atoms with Crippen LogP contribution in [0.2, 0.25) is 0 Å². The normalized spacial score (nSPS) is 36.2. The quantitative estimate of drug-likeness (QED) is 0.0665. The van der Waals surface area contributed by atoms with E-state index < -0.39 is 101 Å². The molecule has 4 aliphatic rings. The number of carbonyl (C=O) groups excluding carboxylic acids is 3. The molecule has 0 aromatic carbocycles. The smallest absolute Gasteiger partial charge is 0.388 e. The van der Waals surface area contributed by atoms with Crippen molar-refractivity contribution in [1.82, 2.24) is 10.6 Å². The molecule has 19 nitrogen and oxygen atoms in total. The molecule has 3 amide bonds. The number of phosphoric acid groups is 2. The number of phosphoric ester groups is 2. The summed E-state index contributed by atoms with van der Waals surface area (Å²) >= 11 is 1.82. The van der Waals surface area contributed by atoms with Crippen LogP contribution in [0.5, 0.6) is 0 Å². The Kier molecular flexibility index (Phi) is 12.2. The summed E-state index contributed by atoms with van der Waals surface area (Å²) in [6.07, 6.45) is -7.20. The zero-order valence-electron chi connectivity index (χ0n) is 22.6. The second-order valence-corrected chi connectivity index (χ2v) is 13.7. The molecule has 0 aromatic heterocycles. The maximum absolute atomic E-state index is 11.8. The minimum Gasteiger partial charge on any atom is -0.388 e. The summed E-state index contributed by atoms with van der Waals surface area (Å²) in [6.45, 7) is 3.92. The Bertz CT molecular complexity index is 1220. The van der Waals surface area contributed by atoms with E-state index in [0.29, 0.717) is 9.28 Å². The minimum absolute atomic E-state index is 0.254. The number of ether oxygens (including phenoxy) is 2. The van der Waals surface area contributed by atoms with Gasteiger partial charge in [0.25, 0.3) is 11.8 Å².